The van der Waals surface area contributed by atoms with E-state index in [4.69, 9.17) is 4.74 Å². The quantitative estimate of drug-likeness (QED) is 0.246. The summed E-state index contributed by atoms with van der Waals surface area (Å²) < 4.78 is 46.7. The summed E-state index contributed by atoms with van der Waals surface area (Å²) in [6, 6.07) is 11.2. The highest BCUT2D eigenvalue weighted by Gasteiger charge is 2.31. The van der Waals surface area contributed by atoms with Crippen LogP contribution in [0.5, 0.6) is 0 Å². The summed E-state index contributed by atoms with van der Waals surface area (Å²) in [5.41, 5.74) is 3.11. The van der Waals surface area contributed by atoms with E-state index in [0.29, 0.717) is 18.1 Å². The van der Waals surface area contributed by atoms with Gasteiger partial charge in [-0.3, -0.25) is 0 Å². The lowest BCUT2D eigenvalue weighted by atomic mass is 9.68. The van der Waals surface area contributed by atoms with Crippen LogP contribution in [0.1, 0.15) is 131 Å². The second kappa shape index (κ2) is 13.0. The molecular formula is C34H45F3O. The van der Waals surface area contributed by atoms with Crippen LogP contribution in [0.15, 0.2) is 36.4 Å². The molecule has 1 nitrogen and oxygen atoms in total. The fourth-order valence-electron chi connectivity index (χ4n) is 7.63. The molecule has 0 aromatic heterocycles. The van der Waals surface area contributed by atoms with Crippen molar-refractivity contribution in [2.75, 3.05) is 6.61 Å². The minimum atomic E-state index is -1.41. The van der Waals surface area contributed by atoms with Crippen LogP contribution in [-0.4, -0.2) is 6.61 Å². The van der Waals surface area contributed by atoms with Crippen LogP contribution in [0.25, 0.3) is 0 Å². The summed E-state index contributed by atoms with van der Waals surface area (Å²) in [4.78, 5) is 0. The third-order valence-corrected chi connectivity index (χ3v) is 10.1. The van der Waals surface area contributed by atoms with Crippen molar-refractivity contribution in [3.8, 4) is 0 Å². The van der Waals surface area contributed by atoms with Gasteiger partial charge in [-0.05, 0) is 104 Å². The molecule has 4 heteroatoms. The van der Waals surface area contributed by atoms with Crippen LogP contribution in [-0.2, 0) is 4.74 Å². The average Bonchev–Trinajstić information content (AvgIpc) is 2.96. The lowest BCUT2D eigenvalue weighted by molar-refractivity contribution is 0.00224. The first-order chi connectivity index (χ1) is 18.5. The lowest BCUT2D eigenvalue weighted by Gasteiger charge is -2.38. The topological polar surface area (TPSA) is 9.23 Å². The van der Waals surface area contributed by atoms with E-state index in [1.807, 2.05) is 0 Å². The van der Waals surface area contributed by atoms with Crippen molar-refractivity contribution in [2.45, 2.75) is 115 Å². The molecule has 38 heavy (non-hydrogen) atoms. The number of unbranched alkanes of at least 4 members (excludes halogenated alkanes) is 2. The van der Waals surface area contributed by atoms with Crippen molar-refractivity contribution in [3.63, 3.8) is 0 Å². The van der Waals surface area contributed by atoms with E-state index in [0.717, 1.165) is 42.7 Å². The Labute approximate surface area is 227 Å². The number of hydrogen-bond acceptors (Lipinski definition) is 1. The van der Waals surface area contributed by atoms with Gasteiger partial charge in [-0.2, -0.15) is 0 Å². The largest absolute Gasteiger partial charge is 0.373 e. The summed E-state index contributed by atoms with van der Waals surface area (Å²) >= 11 is 0. The zero-order chi connectivity index (χ0) is 26.5. The van der Waals surface area contributed by atoms with Gasteiger partial charge in [0.1, 0.15) is 0 Å². The molecule has 0 radical (unpaired) electrons. The first kappa shape index (κ1) is 27.7. The molecule has 2 unspecified atom stereocenters. The fourth-order valence-corrected chi connectivity index (χ4v) is 7.63. The van der Waals surface area contributed by atoms with Crippen molar-refractivity contribution < 1.29 is 17.9 Å². The minimum Gasteiger partial charge on any atom is -0.373 e. The molecule has 2 atom stereocenters. The lowest BCUT2D eigenvalue weighted by Crippen LogP contribution is -2.25. The summed E-state index contributed by atoms with van der Waals surface area (Å²) in [6.45, 7) is 2.69. The van der Waals surface area contributed by atoms with Gasteiger partial charge in [0, 0.05) is 5.92 Å². The van der Waals surface area contributed by atoms with E-state index in [1.165, 1.54) is 88.2 Å². The Morgan fingerprint density at radius 1 is 0.658 bits per heavy atom. The predicted molar refractivity (Wildman–Crippen MR) is 148 cm³/mol. The molecular weight excluding hydrogens is 481 g/mol. The third-order valence-electron chi connectivity index (χ3n) is 10.1. The molecule has 1 heterocycles. The average molecular weight is 527 g/mol. The van der Waals surface area contributed by atoms with E-state index in [-0.39, 0.29) is 12.0 Å². The molecule has 2 saturated carbocycles. The highest BCUT2D eigenvalue weighted by Crippen LogP contribution is 2.45. The highest BCUT2D eigenvalue weighted by atomic mass is 19.2. The van der Waals surface area contributed by atoms with E-state index in [1.54, 1.807) is 0 Å². The Bertz CT molecular complexity index is 988. The maximum Gasteiger partial charge on any atom is 0.194 e. The van der Waals surface area contributed by atoms with E-state index < -0.39 is 17.5 Å². The van der Waals surface area contributed by atoms with Gasteiger partial charge in [0.2, 0.25) is 0 Å². The van der Waals surface area contributed by atoms with Crippen LogP contribution in [0.3, 0.4) is 0 Å². The molecule has 0 spiro atoms. The monoisotopic (exact) mass is 526 g/mol. The predicted octanol–water partition coefficient (Wildman–Crippen LogP) is 10.4. The zero-order valence-electron chi connectivity index (χ0n) is 23.1. The third kappa shape index (κ3) is 6.66. The molecule has 5 rings (SSSR count). The molecule has 1 saturated heterocycles. The highest BCUT2D eigenvalue weighted by molar-refractivity contribution is 5.28. The number of benzene rings is 2. The molecule has 1 aliphatic heterocycles. The van der Waals surface area contributed by atoms with Crippen molar-refractivity contribution in [3.05, 3.63) is 70.5 Å². The van der Waals surface area contributed by atoms with Gasteiger partial charge in [-0.25, -0.2) is 13.2 Å². The molecule has 0 N–H and O–H groups in total. The van der Waals surface area contributed by atoms with Gasteiger partial charge in [0.05, 0.1) is 12.7 Å². The Kier molecular flexibility index (Phi) is 9.51. The second-order valence-corrected chi connectivity index (χ2v) is 12.4. The van der Waals surface area contributed by atoms with Gasteiger partial charge >= 0.3 is 0 Å². The number of hydrogen-bond donors (Lipinski definition) is 0. The molecule has 2 aromatic carbocycles. The van der Waals surface area contributed by atoms with Gasteiger partial charge < -0.3 is 4.74 Å². The first-order valence-electron chi connectivity index (χ1n) is 15.4. The molecule has 2 aliphatic carbocycles. The van der Waals surface area contributed by atoms with Crippen molar-refractivity contribution in [1.82, 2.24) is 0 Å². The Morgan fingerprint density at radius 3 is 1.82 bits per heavy atom. The van der Waals surface area contributed by atoms with Gasteiger partial charge in [-0.1, -0.05) is 69.7 Å². The summed E-state index contributed by atoms with van der Waals surface area (Å²) in [7, 11) is 0. The molecule has 2 aromatic rings. The van der Waals surface area contributed by atoms with Crippen molar-refractivity contribution >= 4 is 0 Å². The van der Waals surface area contributed by atoms with Crippen LogP contribution < -0.4 is 0 Å². The fraction of sp³-hybridized carbons (Fsp3) is 0.647. The van der Waals surface area contributed by atoms with Crippen molar-refractivity contribution in [1.29, 1.82) is 0 Å². The smallest absolute Gasteiger partial charge is 0.194 e. The molecule has 0 amide bonds. The maximum absolute atomic E-state index is 13.6. The molecule has 3 fully saturated rings. The summed E-state index contributed by atoms with van der Waals surface area (Å²) in [5.74, 6) is -0.191. The van der Waals surface area contributed by atoms with Gasteiger partial charge in [0.15, 0.2) is 17.5 Å². The second-order valence-electron chi connectivity index (χ2n) is 12.4. The first-order valence-corrected chi connectivity index (χ1v) is 15.4. The molecule has 3 aliphatic rings. The van der Waals surface area contributed by atoms with Gasteiger partial charge in [0.25, 0.3) is 0 Å². The van der Waals surface area contributed by atoms with Crippen LogP contribution in [0.4, 0.5) is 13.2 Å². The van der Waals surface area contributed by atoms with E-state index >= 15 is 0 Å². The summed E-state index contributed by atoms with van der Waals surface area (Å²) in [5, 5.41) is 0. The summed E-state index contributed by atoms with van der Waals surface area (Å²) in [6.07, 6.45) is 18.5. The number of halogens is 3. The standard InChI is InChI=1S/C34H45F3O/c1-2-3-4-5-23-6-8-24(9-7-23)25-10-12-26(13-11-25)27-14-16-28(17-15-27)33-19-18-29(22-38-33)30-20-31(35)34(37)32(36)21-30/h14-17,20-21,23-26,29,33H,2-13,18-19,22H2,1H3. The van der Waals surface area contributed by atoms with E-state index in [2.05, 4.69) is 31.2 Å². The molecule has 208 valence electrons. The van der Waals surface area contributed by atoms with Gasteiger partial charge in [-0.15, -0.1) is 0 Å². The minimum absolute atomic E-state index is 0.00304. The van der Waals surface area contributed by atoms with Crippen LogP contribution >= 0.6 is 0 Å². The normalized spacial score (nSPS) is 30.3. The number of ether oxygens (including phenoxy) is 1. The Balaban J connectivity index is 1.07. The van der Waals surface area contributed by atoms with E-state index in [9.17, 15) is 13.2 Å². The van der Waals surface area contributed by atoms with Crippen LogP contribution in [0.2, 0.25) is 0 Å². The maximum atomic E-state index is 13.6. The Hall–Kier alpha value is -1.81. The Morgan fingerprint density at radius 2 is 1.24 bits per heavy atom. The van der Waals surface area contributed by atoms with Crippen LogP contribution in [0, 0.1) is 35.2 Å². The number of rotatable bonds is 8. The molecule has 0 bridgehead atoms. The SMILES string of the molecule is CCCCCC1CCC(C2CCC(c3ccc(C4CCC(c5cc(F)c(F)c(F)c5)CO4)cc3)CC2)CC1. The van der Waals surface area contributed by atoms with Crippen molar-refractivity contribution in [2.24, 2.45) is 17.8 Å². The zero-order valence-corrected chi connectivity index (χ0v) is 23.1.